The van der Waals surface area contributed by atoms with Crippen molar-refractivity contribution >= 4 is 21.9 Å². The van der Waals surface area contributed by atoms with E-state index < -0.39 is 11.4 Å². The molecule has 0 aliphatic rings. The van der Waals surface area contributed by atoms with Gasteiger partial charge in [0.2, 0.25) is 0 Å². The summed E-state index contributed by atoms with van der Waals surface area (Å²) >= 11 is 3.35. The fourth-order valence-electron chi connectivity index (χ4n) is 1.43. The third-order valence-corrected chi connectivity index (χ3v) is 3.30. The summed E-state index contributed by atoms with van der Waals surface area (Å²) in [6.45, 7) is 5.36. The van der Waals surface area contributed by atoms with E-state index in [9.17, 15) is 9.90 Å². The Balaban J connectivity index is 3.01. The van der Waals surface area contributed by atoms with Gasteiger partial charge in [0.25, 0.3) is 0 Å². The Morgan fingerprint density at radius 2 is 2.00 bits per heavy atom. The first-order valence-electron chi connectivity index (χ1n) is 6.24. The zero-order valence-electron chi connectivity index (χ0n) is 11.8. The molecule has 0 aliphatic carbocycles. The molecule has 112 valence electrons. The predicted molar refractivity (Wildman–Crippen MR) is 78.1 cm³/mol. The molecule has 1 rings (SSSR count). The molecule has 1 aromatic rings. The molecular formula is C14H19BrO5. The molecule has 0 bridgehead atoms. The number of benzene rings is 1. The summed E-state index contributed by atoms with van der Waals surface area (Å²) in [5.74, 6) is -0.0101. The number of hydrogen-bond acceptors (Lipinski definition) is 4. The molecule has 0 amide bonds. The maximum atomic E-state index is 11.1. The van der Waals surface area contributed by atoms with Crippen LogP contribution in [0.2, 0.25) is 0 Å². The van der Waals surface area contributed by atoms with Gasteiger partial charge in [-0.2, -0.15) is 0 Å². The fourth-order valence-corrected chi connectivity index (χ4v) is 2.03. The smallest absolute Gasteiger partial charge is 0.312 e. The minimum Gasteiger partial charge on any atom is -0.490 e. The number of ether oxygens (including phenoxy) is 2. The van der Waals surface area contributed by atoms with Gasteiger partial charge in [0.15, 0.2) is 11.5 Å². The molecule has 2 N–H and O–H groups in total. The predicted octanol–water partition coefficient (Wildman–Crippen LogP) is 2.83. The standard InChI is InChI=1S/C14H19BrO5/c1-4-19-11-6-9(7-16)5-10(15)12(11)20-8-14(2,3)13(17)18/h5-6,16H,4,7-8H2,1-3H3,(H,17,18). The lowest BCUT2D eigenvalue weighted by molar-refractivity contribution is -0.148. The Kier molecular flexibility index (Phi) is 5.83. The van der Waals surface area contributed by atoms with Crippen molar-refractivity contribution in [3.05, 3.63) is 22.2 Å². The highest BCUT2D eigenvalue weighted by atomic mass is 79.9. The van der Waals surface area contributed by atoms with Crippen molar-refractivity contribution in [2.24, 2.45) is 5.41 Å². The third kappa shape index (κ3) is 4.11. The third-order valence-electron chi connectivity index (χ3n) is 2.71. The quantitative estimate of drug-likeness (QED) is 0.793. The van der Waals surface area contributed by atoms with Crippen LogP contribution in [-0.2, 0) is 11.4 Å². The molecule has 0 heterocycles. The van der Waals surface area contributed by atoms with Gasteiger partial charge in [-0.15, -0.1) is 0 Å². The van der Waals surface area contributed by atoms with E-state index in [2.05, 4.69) is 15.9 Å². The number of aliphatic hydroxyl groups is 1. The monoisotopic (exact) mass is 346 g/mol. The highest BCUT2D eigenvalue weighted by molar-refractivity contribution is 9.10. The van der Waals surface area contributed by atoms with Gasteiger partial charge in [0.1, 0.15) is 6.61 Å². The van der Waals surface area contributed by atoms with Gasteiger partial charge in [-0.1, -0.05) is 0 Å². The molecule has 6 heteroatoms. The first kappa shape index (κ1) is 16.8. The van der Waals surface area contributed by atoms with Crippen LogP contribution in [0.5, 0.6) is 11.5 Å². The Morgan fingerprint density at radius 1 is 1.35 bits per heavy atom. The molecule has 1 aromatic carbocycles. The van der Waals surface area contributed by atoms with E-state index in [0.717, 1.165) is 0 Å². The Hall–Kier alpha value is -1.27. The number of hydrogen-bond donors (Lipinski definition) is 2. The lowest BCUT2D eigenvalue weighted by Crippen LogP contribution is -2.30. The van der Waals surface area contributed by atoms with Crippen LogP contribution in [0.25, 0.3) is 0 Å². The molecule has 0 atom stereocenters. The number of halogens is 1. The molecular weight excluding hydrogens is 328 g/mol. The van der Waals surface area contributed by atoms with Crippen LogP contribution < -0.4 is 9.47 Å². The van der Waals surface area contributed by atoms with Crippen LogP contribution in [0, 0.1) is 5.41 Å². The van der Waals surface area contributed by atoms with Gasteiger partial charge in [0.05, 0.1) is 23.1 Å². The highest BCUT2D eigenvalue weighted by Crippen LogP contribution is 2.38. The summed E-state index contributed by atoms with van der Waals surface area (Å²) in [5, 5.41) is 18.3. The second kappa shape index (κ2) is 6.95. The average Bonchev–Trinajstić information content (AvgIpc) is 2.37. The van der Waals surface area contributed by atoms with Gasteiger partial charge in [-0.05, 0) is 54.4 Å². The van der Waals surface area contributed by atoms with Crippen molar-refractivity contribution in [2.45, 2.75) is 27.4 Å². The molecule has 0 saturated heterocycles. The highest BCUT2D eigenvalue weighted by Gasteiger charge is 2.29. The van der Waals surface area contributed by atoms with E-state index in [0.29, 0.717) is 28.1 Å². The van der Waals surface area contributed by atoms with Gasteiger partial charge >= 0.3 is 5.97 Å². The van der Waals surface area contributed by atoms with E-state index in [4.69, 9.17) is 14.6 Å². The number of rotatable bonds is 7. The summed E-state index contributed by atoms with van der Waals surface area (Å²) in [5.41, 5.74) is -0.316. The normalized spacial score (nSPS) is 11.2. The summed E-state index contributed by atoms with van der Waals surface area (Å²) in [7, 11) is 0. The first-order valence-corrected chi connectivity index (χ1v) is 7.03. The largest absolute Gasteiger partial charge is 0.490 e. The Labute approximate surface area is 126 Å². The zero-order valence-corrected chi connectivity index (χ0v) is 13.4. The van der Waals surface area contributed by atoms with Crippen LogP contribution in [0.1, 0.15) is 26.3 Å². The fraction of sp³-hybridized carbons (Fsp3) is 0.500. The lowest BCUT2D eigenvalue weighted by Gasteiger charge is -2.21. The van der Waals surface area contributed by atoms with Gasteiger partial charge in [-0.25, -0.2) is 0 Å². The molecule has 0 spiro atoms. The van der Waals surface area contributed by atoms with Gasteiger partial charge in [0, 0.05) is 0 Å². The molecule has 20 heavy (non-hydrogen) atoms. The van der Waals surface area contributed by atoms with Crippen molar-refractivity contribution in [1.82, 2.24) is 0 Å². The number of aliphatic carboxylic acids is 1. The van der Waals surface area contributed by atoms with E-state index in [-0.39, 0.29) is 13.2 Å². The van der Waals surface area contributed by atoms with Crippen molar-refractivity contribution in [3.8, 4) is 11.5 Å². The van der Waals surface area contributed by atoms with Crippen LogP contribution in [-0.4, -0.2) is 29.4 Å². The van der Waals surface area contributed by atoms with Crippen LogP contribution in [0.4, 0.5) is 0 Å². The summed E-state index contributed by atoms with van der Waals surface area (Å²) in [6.07, 6.45) is 0. The Morgan fingerprint density at radius 3 is 2.50 bits per heavy atom. The lowest BCUT2D eigenvalue weighted by atomic mass is 9.95. The second-order valence-corrected chi connectivity index (χ2v) is 5.83. The van der Waals surface area contributed by atoms with Crippen molar-refractivity contribution in [2.75, 3.05) is 13.2 Å². The summed E-state index contributed by atoms with van der Waals surface area (Å²) in [6, 6.07) is 3.39. The molecule has 0 unspecified atom stereocenters. The van der Waals surface area contributed by atoms with Crippen molar-refractivity contribution in [1.29, 1.82) is 0 Å². The first-order chi connectivity index (χ1) is 9.31. The van der Waals surface area contributed by atoms with Crippen molar-refractivity contribution in [3.63, 3.8) is 0 Å². The topological polar surface area (TPSA) is 76.0 Å². The Bertz CT molecular complexity index is 485. The molecule has 0 fully saturated rings. The van der Waals surface area contributed by atoms with E-state index in [1.54, 1.807) is 26.0 Å². The number of carboxylic acid groups (broad SMARTS) is 1. The van der Waals surface area contributed by atoms with Crippen LogP contribution in [0.15, 0.2) is 16.6 Å². The summed E-state index contributed by atoms with van der Waals surface area (Å²) < 4.78 is 11.7. The number of carbonyl (C=O) groups is 1. The SMILES string of the molecule is CCOc1cc(CO)cc(Br)c1OCC(C)(C)C(=O)O. The van der Waals surface area contributed by atoms with E-state index >= 15 is 0 Å². The van der Waals surface area contributed by atoms with Crippen LogP contribution >= 0.6 is 15.9 Å². The second-order valence-electron chi connectivity index (χ2n) is 4.97. The minimum absolute atomic E-state index is 0.0134. The molecule has 0 aliphatic heterocycles. The molecule has 0 aromatic heterocycles. The van der Waals surface area contributed by atoms with Crippen molar-refractivity contribution < 1.29 is 24.5 Å². The van der Waals surface area contributed by atoms with E-state index in [1.165, 1.54) is 0 Å². The van der Waals surface area contributed by atoms with E-state index in [1.807, 2.05) is 6.92 Å². The maximum absolute atomic E-state index is 11.1. The minimum atomic E-state index is -1.00. The molecule has 0 radical (unpaired) electrons. The van der Waals surface area contributed by atoms with Gasteiger partial charge < -0.3 is 19.7 Å². The maximum Gasteiger partial charge on any atom is 0.312 e. The molecule has 5 nitrogen and oxygen atoms in total. The average molecular weight is 347 g/mol. The molecule has 0 saturated carbocycles. The summed E-state index contributed by atoms with van der Waals surface area (Å²) in [4.78, 5) is 11.1. The number of aliphatic hydroxyl groups excluding tert-OH is 1. The van der Waals surface area contributed by atoms with Gasteiger partial charge in [-0.3, -0.25) is 4.79 Å². The number of carboxylic acids is 1. The zero-order chi connectivity index (χ0) is 15.3. The van der Waals surface area contributed by atoms with Crippen LogP contribution in [0.3, 0.4) is 0 Å².